The summed E-state index contributed by atoms with van der Waals surface area (Å²) < 4.78 is 18.7. The topological polar surface area (TPSA) is 182 Å². The Labute approximate surface area is 377 Å². The van der Waals surface area contributed by atoms with Crippen molar-refractivity contribution in [2.24, 2.45) is 11.5 Å². The fraction of sp³-hybridized carbons (Fsp3) is 0.294. The largest absolute Gasteiger partial charge is 0.568 e. The van der Waals surface area contributed by atoms with Crippen molar-refractivity contribution in [3.63, 3.8) is 0 Å². The van der Waals surface area contributed by atoms with E-state index in [0.29, 0.717) is 85.0 Å². The van der Waals surface area contributed by atoms with E-state index in [2.05, 4.69) is 28.5 Å². The molecule has 5 aromatic carbocycles. The first-order valence-corrected chi connectivity index (χ1v) is 22.4. The smallest absolute Gasteiger partial charge is 0.503 e. The predicted octanol–water partition coefficient (Wildman–Crippen LogP) is 5.86. The highest BCUT2D eigenvalue weighted by atomic mass is 16.7. The first-order valence-electron chi connectivity index (χ1n) is 22.4. The Morgan fingerprint density at radius 2 is 1.49 bits per heavy atom. The number of anilines is 1. The minimum Gasteiger partial charge on any atom is -0.503 e. The molecule has 1 aromatic heterocycles. The summed E-state index contributed by atoms with van der Waals surface area (Å²) in [5, 5.41) is 3.57. The molecule has 5 heterocycles. The Hall–Kier alpha value is -6.74. The molecule has 3 fully saturated rings. The van der Waals surface area contributed by atoms with Gasteiger partial charge in [-0.2, -0.15) is 0 Å². The van der Waals surface area contributed by atoms with Crippen molar-refractivity contribution in [2.75, 3.05) is 38.1 Å². The Morgan fingerprint density at radius 1 is 0.769 bits per heavy atom. The lowest BCUT2D eigenvalue weighted by atomic mass is 9.74. The number of benzene rings is 5. The molecule has 330 valence electrons. The van der Waals surface area contributed by atoms with Crippen LogP contribution >= 0.6 is 0 Å². The quantitative estimate of drug-likeness (QED) is 0.123. The first-order chi connectivity index (χ1) is 31.6. The number of hydrogen-bond donors (Lipinski definition) is 4. The third-order valence-corrected chi connectivity index (χ3v) is 13.9. The summed E-state index contributed by atoms with van der Waals surface area (Å²) in [6.07, 6.45) is 4.54. The van der Waals surface area contributed by atoms with Gasteiger partial charge in [0.05, 0.1) is 13.0 Å². The molecule has 10 rings (SSSR count). The molecule has 65 heavy (non-hydrogen) atoms. The van der Waals surface area contributed by atoms with Gasteiger partial charge in [0.15, 0.2) is 5.60 Å². The number of amides is 3. The maximum atomic E-state index is 14.1. The third kappa shape index (κ3) is 7.96. The van der Waals surface area contributed by atoms with Crippen molar-refractivity contribution >= 4 is 52.9 Å². The average Bonchev–Trinajstić information content (AvgIpc) is 4.04. The molecule has 0 bridgehead atoms. The number of carbonyl (C=O) groups excluding carboxylic acids is 4. The monoisotopic (exact) mass is 870 g/mol. The maximum absolute atomic E-state index is 14.1. The van der Waals surface area contributed by atoms with E-state index in [4.69, 9.17) is 25.5 Å². The molecule has 4 aliphatic heterocycles. The van der Waals surface area contributed by atoms with Crippen molar-refractivity contribution in [2.45, 2.75) is 62.1 Å². The first kappa shape index (κ1) is 42.2. The SMILES string of the molecule is NCc1cccc(C2CCN(C(=O)c3cccc(NC(=O)C[C@@]4(c5ccccc5)OB(c5c[nH]c6ccc(C(=O)N7CCC8(CC7)COc7ccc(CN)cc78)cc56)OC4=O)c3)CC2)c1. The summed E-state index contributed by atoms with van der Waals surface area (Å²) in [7, 11) is -1.18. The second-order valence-corrected chi connectivity index (χ2v) is 17.8. The van der Waals surface area contributed by atoms with Crippen LogP contribution in [0.5, 0.6) is 5.75 Å². The maximum Gasteiger partial charge on any atom is 0.568 e. The van der Waals surface area contributed by atoms with Gasteiger partial charge in [-0.05, 0) is 96.3 Å². The number of piperidine rings is 2. The number of likely N-dealkylation sites (tertiary alicyclic amines) is 2. The van der Waals surface area contributed by atoms with E-state index >= 15 is 0 Å². The van der Waals surface area contributed by atoms with E-state index in [-0.39, 0.29) is 17.2 Å². The number of aromatic amines is 1. The van der Waals surface area contributed by atoms with E-state index < -0.39 is 31.0 Å². The van der Waals surface area contributed by atoms with Crippen LogP contribution in [0.1, 0.15) is 86.6 Å². The molecule has 1 atom stereocenters. The van der Waals surface area contributed by atoms with Crippen LogP contribution in [0.3, 0.4) is 0 Å². The predicted molar refractivity (Wildman–Crippen MR) is 248 cm³/mol. The molecule has 0 unspecified atom stereocenters. The standard InChI is InChI=1S/C51H51BN6O7/c53-29-33-6-4-7-36(24-33)35-16-20-57(21-17-35)47(60)37-8-5-11-40(26-37)56-46(59)28-51(39-9-2-1-3-10-39)49(62)64-52(65-51)43-31-55-44-14-13-38(27-41(43)44)48(61)58-22-18-50(19-23-58)32-63-45-15-12-34(30-54)25-42(45)50/h1-15,24-27,31,35,55H,16-23,28-30,32,53-54H2,(H,56,59)/t51-/m0/s1. The molecule has 13 nitrogen and oxygen atoms in total. The zero-order chi connectivity index (χ0) is 44.7. The van der Waals surface area contributed by atoms with Crippen LogP contribution in [0.25, 0.3) is 10.9 Å². The van der Waals surface area contributed by atoms with E-state index in [1.54, 1.807) is 66.9 Å². The molecule has 3 saturated heterocycles. The number of rotatable bonds is 10. The summed E-state index contributed by atoms with van der Waals surface area (Å²) in [6, 6.07) is 35.6. The van der Waals surface area contributed by atoms with Crippen LogP contribution < -0.4 is 27.0 Å². The number of nitrogens with one attached hydrogen (secondary N) is 2. The zero-order valence-corrected chi connectivity index (χ0v) is 36.1. The van der Waals surface area contributed by atoms with Crippen molar-refractivity contribution in [1.82, 2.24) is 14.8 Å². The Kier molecular flexibility index (Phi) is 11.3. The van der Waals surface area contributed by atoms with Gasteiger partial charge in [0, 0.05) is 89.6 Å². The minimum atomic E-state index is -1.79. The molecule has 6 N–H and O–H groups in total. The minimum absolute atomic E-state index is 0.0940. The van der Waals surface area contributed by atoms with Gasteiger partial charge < -0.3 is 45.6 Å². The number of nitrogens with two attached hydrogens (primary N) is 2. The number of nitrogens with zero attached hydrogens (tertiary/aromatic N) is 2. The third-order valence-electron chi connectivity index (χ3n) is 13.9. The lowest BCUT2D eigenvalue weighted by Crippen LogP contribution is -2.46. The van der Waals surface area contributed by atoms with Crippen molar-refractivity contribution in [3.8, 4) is 5.75 Å². The van der Waals surface area contributed by atoms with E-state index in [1.807, 2.05) is 46.2 Å². The second kappa shape index (κ2) is 17.3. The Bertz CT molecular complexity index is 2800. The lowest BCUT2D eigenvalue weighted by molar-refractivity contribution is -0.146. The van der Waals surface area contributed by atoms with Gasteiger partial charge in [0.25, 0.3) is 11.8 Å². The van der Waals surface area contributed by atoms with Crippen molar-refractivity contribution < 1.29 is 33.2 Å². The highest BCUT2D eigenvalue weighted by molar-refractivity contribution is 6.67. The molecular formula is C51H51BN6O7. The number of ether oxygens (including phenoxy) is 1. The molecule has 6 aromatic rings. The van der Waals surface area contributed by atoms with Gasteiger partial charge >= 0.3 is 13.1 Å². The van der Waals surface area contributed by atoms with Crippen LogP contribution in [0, 0.1) is 0 Å². The molecule has 3 amide bonds. The van der Waals surface area contributed by atoms with Gasteiger partial charge in [-0.25, -0.2) is 0 Å². The molecule has 0 saturated carbocycles. The van der Waals surface area contributed by atoms with Crippen LogP contribution in [-0.2, 0) is 43.0 Å². The summed E-state index contributed by atoms with van der Waals surface area (Å²) in [4.78, 5) is 62.8. The fourth-order valence-electron chi connectivity index (χ4n) is 10.2. The highest BCUT2D eigenvalue weighted by Gasteiger charge is 2.56. The molecule has 0 aliphatic carbocycles. The van der Waals surface area contributed by atoms with Gasteiger partial charge in [0.1, 0.15) is 5.75 Å². The van der Waals surface area contributed by atoms with Crippen LogP contribution in [0.2, 0.25) is 0 Å². The molecular weight excluding hydrogens is 819 g/mol. The number of fused-ring (bicyclic) bond motifs is 3. The number of carbonyl (C=O) groups is 4. The van der Waals surface area contributed by atoms with E-state index in [1.165, 1.54) is 11.1 Å². The molecule has 1 spiro atoms. The van der Waals surface area contributed by atoms with Gasteiger partial charge in [-0.3, -0.25) is 19.2 Å². The lowest BCUT2D eigenvalue weighted by Gasteiger charge is -2.38. The van der Waals surface area contributed by atoms with E-state index in [0.717, 1.165) is 48.1 Å². The van der Waals surface area contributed by atoms with Gasteiger partial charge in [-0.1, -0.05) is 72.8 Å². The normalized spacial score (nSPS) is 19.3. The van der Waals surface area contributed by atoms with Gasteiger partial charge in [0.2, 0.25) is 5.91 Å². The summed E-state index contributed by atoms with van der Waals surface area (Å²) >= 11 is 0. The fourth-order valence-corrected chi connectivity index (χ4v) is 10.2. The summed E-state index contributed by atoms with van der Waals surface area (Å²) in [5.74, 6) is -0.173. The highest BCUT2D eigenvalue weighted by Crippen LogP contribution is 2.46. The molecule has 0 radical (unpaired) electrons. The summed E-state index contributed by atoms with van der Waals surface area (Å²) in [6.45, 7) is 3.91. The Morgan fingerprint density at radius 3 is 2.26 bits per heavy atom. The van der Waals surface area contributed by atoms with Crippen LogP contribution in [0.15, 0.2) is 121 Å². The Balaban J connectivity index is 0.824. The van der Waals surface area contributed by atoms with Crippen LogP contribution in [0.4, 0.5) is 5.69 Å². The van der Waals surface area contributed by atoms with Crippen LogP contribution in [-0.4, -0.2) is 78.4 Å². The number of hydrogen-bond acceptors (Lipinski definition) is 9. The zero-order valence-electron chi connectivity index (χ0n) is 36.1. The van der Waals surface area contributed by atoms with Crippen molar-refractivity contribution in [1.29, 1.82) is 0 Å². The number of aromatic nitrogens is 1. The molecule has 14 heteroatoms. The van der Waals surface area contributed by atoms with Gasteiger partial charge in [-0.15, -0.1) is 0 Å². The van der Waals surface area contributed by atoms with E-state index in [9.17, 15) is 19.2 Å². The second-order valence-electron chi connectivity index (χ2n) is 17.8. The molecule has 4 aliphatic rings. The average molecular weight is 871 g/mol. The summed E-state index contributed by atoms with van der Waals surface area (Å²) in [5.41, 5.74) is 17.6. The number of H-pyrrole nitrogens is 1. The van der Waals surface area contributed by atoms with Crippen molar-refractivity contribution in [3.05, 3.63) is 160 Å².